The molecule has 0 unspecified atom stereocenters. The average molecular weight is 256 g/mol. The van der Waals surface area contributed by atoms with Crippen molar-refractivity contribution in [2.75, 3.05) is 6.61 Å². The first kappa shape index (κ1) is 12.9. The number of carbonyl (C=O) groups is 1. The molecule has 0 aliphatic heterocycles. The van der Waals surface area contributed by atoms with Crippen molar-refractivity contribution in [1.29, 1.82) is 5.26 Å². The highest BCUT2D eigenvalue weighted by Crippen LogP contribution is 2.23. The van der Waals surface area contributed by atoms with Gasteiger partial charge in [0.15, 0.2) is 0 Å². The molecule has 0 radical (unpaired) electrons. The third kappa shape index (κ3) is 2.69. The van der Waals surface area contributed by atoms with Crippen LogP contribution >= 0.6 is 24.2 Å². The van der Waals surface area contributed by atoms with Gasteiger partial charge in [-0.15, -0.1) is 24.2 Å². The largest absolute Gasteiger partial charge is 0.462 e. The Bertz CT molecular complexity index is 454. The summed E-state index contributed by atoms with van der Waals surface area (Å²) >= 11 is 9.92. The third-order valence-corrected chi connectivity index (χ3v) is 2.77. The van der Waals surface area contributed by atoms with E-state index in [1.54, 1.807) is 13.0 Å². The van der Waals surface area contributed by atoms with Gasteiger partial charge in [0, 0.05) is 10.8 Å². The van der Waals surface area contributed by atoms with Crippen LogP contribution in [0.25, 0.3) is 0 Å². The Morgan fingerprint density at radius 1 is 1.62 bits per heavy atom. The summed E-state index contributed by atoms with van der Waals surface area (Å²) in [5.41, 5.74) is 1.29. The number of hydrogen-bond acceptors (Lipinski definition) is 4. The van der Waals surface area contributed by atoms with Crippen LogP contribution in [-0.4, -0.2) is 12.6 Å². The molecule has 0 saturated carbocycles. The zero-order valence-electron chi connectivity index (χ0n) is 8.66. The van der Waals surface area contributed by atoms with Gasteiger partial charge in [-0.05, 0) is 24.6 Å². The fourth-order valence-electron chi connectivity index (χ4n) is 1.23. The Balaban J connectivity index is 3.27. The maximum absolute atomic E-state index is 11.6. The summed E-state index contributed by atoms with van der Waals surface area (Å²) in [7, 11) is 0. The fraction of sp³-hybridized carbons (Fsp3) is 0.273. The lowest BCUT2D eigenvalue weighted by atomic mass is 10.1. The van der Waals surface area contributed by atoms with Crippen molar-refractivity contribution < 1.29 is 9.53 Å². The van der Waals surface area contributed by atoms with Crippen LogP contribution in [0.15, 0.2) is 17.0 Å². The molecule has 0 bridgehead atoms. The molecule has 0 heterocycles. The van der Waals surface area contributed by atoms with Gasteiger partial charge in [0.1, 0.15) is 0 Å². The zero-order chi connectivity index (χ0) is 12.1. The van der Waals surface area contributed by atoms with E-state index >= 15 is 0 Å². The van der Waals surface area contributed by atoms with E-state index in [9.17, 15) is 4.79 Å². The molecule has 1 aromatic carbocycles. The molecule has 3 nitrogen and oxygen atoms in total. The van der Waals surface area contributed by atoms with Gasteiger partial charge in [0.05, 0.1) is 23.8 Å². The minimum absolute atomic E-state index is 0.195. The average Bonchev–Trinajstić information content (AvgIpc) is 2.29. The van der Waals surface area contributed by atoms with Gasteiger partial charge < -0.3 is 4.74 Å². The van der Waals surface area contributed by atoms with Gasteiger partial charge in [-0.2, -0.15) is 5.26 Å². The predicted molar refractivity (Wildman–Crippen MR) is 63.9 cm³/mol. The lowest BCUT2D eigenvalue weighted by Crippen LogP contribution is -2.07. The number of alkyl halides is 1. The maximum atomic E-state index is 11.6. The summed E-state index contributed by atoms with van der Waals surface area (Å²) in [6.07, 6.45) is 0. The summed E-state index contributed by atoms with van der Waals surface area (Å²) in [6.45, 7) is 1.99. The molecule has 0 aliphatic rings. The van der Waals surface area contributed by atoms with Crippen LogP contribution in [0.2, 0.25) is 0 Å². The Hall–Kier alpha value is -1.18. The predicted octanol–water partition coefficient (Wildman–Crippen LogP) is 2.76. The summed E-state index contributed by atoms with van der Waals surface area (Å²) < 4.78 is 4.87. The molecule has 0 fully saturated rings. The van der Waals surface area contributed by atoms with Crippen molar-refractivity contribution in [1.82, 2.24) is 0 Å². The number of nitrogens with zero attached hydrogens (tertiary/aromatic N) is 1. The topological polar surface area (TPSA) is 50.1 Å². The minimum atomic E-state index is -0.490. The van der Waals surface area contributed by atoms with Gasteiger partial charge in [0.25, 0.3) is 0 Å². The number of rotatable bonds is 3. The van der Waals surface area contributed by atoms with Gasteiger partial charge in [-0.3, -0.25) is 0 Å². The lowest BCUT2D eigenvalue weighted by molar-refractivity contribution is 0.0522. The van der Waals surface area contributed by atoms with Crippen molar-refractivity contribution in [2.24, 2.45) is 0 Å². The van der Waals surface area contributed by atoms with E-state index in [1.807, 2.05) is 6.07 Å². The number of halogens is 1. The van der Waals surface area contributed by atoms with E-state index in [0.29, 0.717) is 16.0 Å². The first-order valence-corrected chi connectivity index (χ1v) is 5.61. The van der Waals surface area contributed by atoms with Crippen molar-refractivity contribution in [2.45, 2.75) is 17.7 Å². The number of hydrogen-bond donors (Lipinski definition) is 1. The highest BCUT2D eigenvalue weighted by Gasteiger charge is 2.15. The first-order valence-electron chi connectivity index (χ1n) is 4.63. The molecule has 0 aromatic heterocycles. The van der Waals surface area contributed by atoms with Crippen LogP contribution < -0.4 is 0 Å². The first-order chi connectivity index (χ1) is 7.63. The highest BCUT2D eigenvalue weighted by molar-refractivity contribution is 7.80. The van der Waals surface area contributed by atoms with E-state index in [0.717, 1.165) is 0 Å². The van der Waals surface area contributed by atoms with Gasteiger partial charge in [-0.1, -0.05) is 0 Å². The third-order valence-electron chi connectivity index (χ3n) is 1.96. The fourth-order valence-corrected chi connectivity index (χ4v) is 1.83. The summed E-state index contributed by atoms with van der Waals surface area (Å²) in [6, 6.07) is 5.03. The normalized spacial score (nSPS) is 9.62. The van der Waals surface area contributed by atoms with Crippen molar-refractivity contribution in [3.63, 3.8) is 0 Å². The van der Waals surface area contributed by atoms with E-state index < -0.39 is 5.97 Å². The number of benzene rings is 1. The summed E-state index contributed by atoms with van der Waals surface area (Å²) in [4.78, 5) is 12.0. The number of ether oxygens (including phenoxy) is 1. The van der Waals surface area contributed by atoms with Crippen LogP contribution in [0.3, 0.4) is 0 Å². The van der Waals surface area contributed by atoms with Crippen molar-refractivity contribution >= 4 is 30.2 Å². The molecule has 0 aliphatic carbocycles. The van der Waals surface area contributed by atoms with Crippen LogP contribution in [0, 0.1) is 11.3 Å². The molecule has 0 amide bonds. The van der Waals surface area contributed by atoms with Crippen LogP contribution in [0.1, 0.15) is 28.4 Å². The molecule has 0 spiro atoms. The van der Waals surface area contributed by atoms with E-state index in [1.165, 1.54) is 6.07 Å². The maximum Gasteiger partial charge on any atom is 0.339 e. The van der Waals surface area contributed by atoms with Crippen LogP contribution in [-0.2, 0) is 10.6 Å². The quantitative estimate of drug-likeness (QED) is 0.513. The number of carbonyl (C=O) groups excluding carboxylic acids is 1. The van der Waals surface area contributed by atoms with Crippen molar-refractivity contribution in [3.05, 3.63) is 28.8 Å². The molecule has 16 heavy (non-hydrogen) atoms. The number of esters is 1. The molecule has 0 N–H and O–H groups in total. The molecule has 1 rings (SSSR count). The van der Waals surface area contributed by atoms with Gasteiger partial charge >= 0.3 is 5.97 Å². The Kier molecular flexibility index (Phi) is 4.66. The highest BCUT2D eigenvalue weighted by atomic mass is 35.5. The second-order valence-electron chi connectivity index (χ2n) is 3.00. The molecule has 84 valence electrons. The summed E-state index contributed by atoms with van der Waals surface area (Å²) in [5.74, 6) is -0.295. The smallest absolute Gasteiger partial charge is 0.339 e. The summed E-state index contributed by atoms with van der Waals surface area (Å²) in [5, 5.41) is 8.81. The Morgan fingerprint density at radius 3 is 2.81 bits per heavy atom. The molecular weight excluding hydrogens is 246 g/mol. The molecule has 5 heteroatoms. The van der Waals surface area contributed by atoms with Gasteiger partial charge in [-0.25, -0.2) is 4.79 Å². The van der Waals surface area contributed by atoms with E-state index in [-0.39, 0.29) is 18.1 Å². The zero-order valence-corrected chi connectivity index (χ0v) is 10.3. The van der Waals surface area contributed by atoms with Crippen LogP contribution in [0.5, 0.6) is 0 Å². The monoisotopic (exact) mass is 255 g/mol. The Labute approximate surface area is 104 Å². The Morgan fingerprint density at radius 2 is 2.31 bits per heavy atom. The minimum Gasteiger partial charge on any atom is -0.462 e. The van der Waals surface area contributed by atoms with Crippen molar-refractivity contribution in [3.8, 4) is 6.07 Å². The second kappa shape index (κ2) is 5.78. The molecule has 0 saturated heterocycles. The molecule has 1 aromatic rings. The second-order valence-corrected chi connectivity index (χ2v) is 3.71. The number of nitriles is 1. The van der Waals surface area contributed by atoms with Crippen LogP contribution in [0.4, 0.5) is 0 Å². The van der Waals surface area contributed by atoms with E-state index in [4.69, 9.17) is 21.6 Å². The SMILES string of the molecule is CCOC(=O)c1cc(C#N)cc(CCl)c1S. The van der Waals surface area contributed by atoms with Gasteiger partial charge in [0.2, 0.25) is 0 Å². The molecular formula is C11H10ClNO2S. The number of thiol groups is 1. The van der Waals surface area contributed by atoms with E-state index in [2.05, 4.69) is 12.6 Å². The lowest BCUT2D eigenvalue weighted by Gasteiger charge is -2.08. The molecule has 0 atom stereocenters. The standard InChI is InChI=1S/C11H10ClNO2S/c1-2-15-11(14)9-4-7(6-13)3-8(5-12)10(9)16/h3-4,16H,2,5H2,1H3.